The quantitative estimate of drug-likeness (QED) is 0.166. The zero-order chi connectivity index (χ0) is 28.4. The summed E-state index contributed by atoms with van der Waals surface area (Å²) in [4.78, 5) is 42.1. The molecule has 0 atom stereocenters. The van der Waals surface area contributed by atoms with Crippen molar-refractivity contribution in [2.45, 2.75) is 40.0 Å². The molecule has 5 rings (SSSR count). The van der Waals surface area contributed by atoms with Gasteiger partial charge in [0.1, 0.15) is 5.69 Å². The highest BCUT2D eigenvalue weighted by molar-refractivity contribution is 6.07. The van der Waals surface area contributed by atoms with Crippen molar-refractivity contribution < 1.29 is 19.2 Å². The van der Waals surface area contributed by atoms with Crippen LogP contribution < -0.4 is 5.32 Å². The van der Waals surface area contributed by atoms with Crippen molar-refractivity contribution in [3.05, 3.63) is 110 Å². The maximum Gasteiger partial charge on any atom is 0.339 e. The van der Waals surface area contributed by atoms with Crippen molar-refractivity contribution in [1.29, 1.82) is 0 Å². The van der Waals surface area contributed by atoms with Crippen molar-refractivity contribution in [1.82, 2.24) is 4.98 Å². The number of hydrogen-bond donors (Lipinski definition) is 1. The van der Waals surface area contributed by atoms with Crippen molar-refractivity contribution in [3.8, 4) is 0 Å². The van der Waals surface area contributed by atoms with Crippen molar-refractivity contribution in [2.75, 3.05) is 11.9 Å². The molecular formula is C32H29N3O5. The zero-order valence-electron chi connectivity index (χ0n) is 22.6. The summed E-state index contributed by atoms with van der Waals surface area (Å²) in [6, 6.07) is 18.6. The number of ether oxygens (including phenoxy) is 1. The van der Waals surface area contributed by atoms with E-state index in [2.05, 4.69) is 35.7 Å². The monoisotopic (exact) mass is 535 g/mol. The number of carbonyl (C=O) groups is 2. The Hall–Kier alpha value is -4.85. The van der Waals surface area contributed by atoms with Gasteiger partial charge < -0.3 is 10.1 Å². The minimum absolute atomic E-state index is 0.0618. The molecule has 1 amide bonds. The van der Waals surface area contributed by atoms with Gasteiger partial charge in [0, 0.05) is 11.5 Å². The molecule has 1 N–H and O–H groups in total. The molecule has 0 fully saturated rings. The van der Waals surface area contributed by atoms with Crippen LogP contribution in [0.4, 0.5) is 11.4 Å². The predicted octanol–water partition coefficient (Wildman–Crippen LogP) is 6.74. The number of hydrogen-bond acceptors (Lipinski definition) is 6. The summed E-state index contributed by atoms with van der Waals surface area (Å²) in [6.45, 7) is 5.02. The molecule has 40 heavy (non-hydrogen) atoms. The molecule has 0 bridgehead atoms. The highest BCUT2D eigenvalue weighted by atomic mass is 16.6. The average Bonchev–Trinajstić information content (AvgIpc) is 2.93. The first-order valence-electron chi connectivity index (χ1n) is 13.1. The number of esters is 1. The van der Waals surface area contributed by atoms with Crippen molar-refractivity contribution in [3.63, 3.8) is 0 Å². The van der Waals surface area contributed by atoms with Gasteiger partial charge in [-0.3, -0.25) is 14.9 Å². The highest BCUT2D eigenvalue weighted by Crippen LogP contribution is 2.36. The number of aryl methyl sites for hydroxylation is 3. The van der Waals surface area contributed by atoms with E-state index in [0.29, 0.717) is 22.9 Å². The Morgan fingerprint density at radius 2 is 1.75 bits per heavy atom. The van der Waals surface area contributed by atoms with Crippen LogP contribution in [0.5, 0.6) is 0 Å². The number of fused-ring (bicyclic) bond motifs is 2. The first kappa shape index (κ1) is 26.7. The van der Waals surface area contributed by atoms with E-state index in [1.165, 1.54) is 11.6 Å². The van der Waals surface area contributed by atoms with Gasteiger partial charge in [-0.25, -0.2) is 9.78 Å². The number of nitro benzene ring substituents is 1. The summed E-state index contributed by atoms with van der Waals surface area (Å²) in [7, 11) is 0. The van der Waals surface area contributed by atoms with Gasteiger partial charge in [0.25, 0.3) is 11.6 Å². The number of benzene rings is 3. The van der Waals surface area contributed by atoms with Crippen LogP contribution in [-0.2, 0) is 16.0 Å². The van der Waals surface area contributed by atoms with Gasteiger partial charge in [-0.05, 0) is 86.1 Å². The van der Waals surface area contributed by atoms with E-state index in [9.17, 15) is 19.7 Å². The number of nitrogens with one attached hydrogen (secondary N) is 1. The number of nitro groups is 1. The van der Waals surface area contributed by atoms with Gasteiger partial charge >= 0.3 is 5.97 Å². The molecule has 1 heterocycles. The molecule has 1 aliphatic carbocycles. The van der Waals surface area contributed by atoms with Crippen molar-refractivity contribution >= 4 is 45.8 Å². The van der Waals surface area contributed by atoms with Crippen molar-refractivity contribution in [2.24, 2.45) is 0 Å². The first-order valence-corrected chi connectivity index (χ1v) is 13.1. The molecule has 0 saturated heterocycles. The number of amides is 1. The van der Waals surface area contributed by atoms with E-state index in [1.54, 1.807) is 19.9 Å². The standard InChI is InChI=1S/C32H29N3O5/c1-19-11-13-22(14-12-19)17-23-7-6-9-25-30(24-8-4-5-10-26(24)34-31(23)25)32(37)40-18-29(36)33-27-15-20(2)21(3)16-28(27)35(38)39/h4-5,8,10-17H,6-7,9,18H2,1-3H3,(H,33,36)/b23-17-. The van der Waals surface area contributed by atoms with Gasteiger partial charge in [0.15, 0.2) is 6.61 Å². The van der Waals surface area contributed by atoms with Crippen LogP contribution in [0, 0.1) is 30.9 Å². The number of rotatable bonds is 6. The lowest BCUT2D eigenvalue weighted by Crippen LogP contribution is -2.23. The predicted molar refractivity (Wildman–Crippen MR) is 155 cm³/mol. The minimum atomic E-state index is -0.660. The Labute approximate surface area is 231 Å². The molecule has 1 aromatic heterocycles. The maximum atomic E-state index is 13.5. The fraction of sp³-hybridized carbons (Fsp3) is 0.219. The molecular weight excluding hydrogens is 506 g/mol. The van der Waals surface area contributed by atoms with Crippen LogP contribution in [0.15, 0.2) is 60.7 Å². The summed E-state index contributed by atoms with van der Waals surface area (Å²) >= 11 is 0. The topological polar surface area (TPSA) is 111 Å². The number of para-hydroxylation sites is 1. The smallest absolute Gasteiger partial charge is 0.339 e. The number of aromatic nitrogens is 1. The van der Waals surface area contributed by atoms with Gasteiger partial charge in [-0.2, -0.15) is 0 Å². The van der Waals surface area contributed by atoms with Gasteiger partial charge in [0.05, 0.1) is 21.7 Å². The minimum Gasteiger partial charge on any atom is -0.452 e. The van der Waals surface area contributed by atoms with E-state index in [1.807, 2.05) is 31.2 Å². The third kappa shape index (κ3) is 5.47. The fourth-order valence-electron chi connectivity index (χ4n) is 5.01. The van der Waals surface area contributed by atoms with Crippen LogP contribution in [0.2, 0.25) is 0 Å². The molecule has 8 heteroatoms. The Balaban J connectivity index is 1.44. The Morgan fingerprint density at radius 1 is 1.02 bits per heavy atom. The van der Waals surface area contributed by atoms with E-state index < -0.39 is 23.4 Å². The van der Waals surface area contributed by atoms with Crippen LogP contribution in [-0.4, -0.2) is 28.4 Å². The van der Waals surface area contributed by atoms with E-state index in [4.69, 9.17) is 9.72 Å². The van der Waals surface area contributed by atoms with Gasteiger partial charge in [-0.1, -0.05) is 48.0 Å². The van der Waals surface area contributed by atoms with Crippen LogP contribution in [0.3, 0.4) is 0 Å². The molecule has 1 aliphatic rings. The lowest BCUT2D eigenvalue weighted by Gasteiger charge is -2.22. The molecule has 202 valence electrons. The van der Waals surface area contributed by atoms with Gasteiger partial charge in [0.2, 0.25) is 0 Å². The first-order chi connectivity index (χ1) is 19.2. The van der Waals surface area contributed by atoms with E-state index in [-0.39, 0.29) is 11.4 Å². The maximum absolute atomic E-state index is 13.5. The van der Waals surface area contributed by atoms with E-state index in [0.717, 1.165) is 46.4 Å². The Morgan fingerprint density at radius 3 is 2.50 bits per heavy atom. The zero-order valence-corrected chi connectivity index (χ0v) is 22.6. The summed E-state index contributed by atoms with van der Waals surface area (Å²) in [6.07, 6.45) is 4.45. The number of carbonyl (C=O) groups excluding carboxylic acids is 2. The number of nitrogens with zero attached hydrogens (tertiary/aromatic N) is 2. The largest absolute Gasteiger partial charge is 0.452 e. The number of allylic oxidation sites excluding steroid dienone is 1. The summed E-state index contributed by atoms with van der Waals surface area (Å²) in [5, 5.41) is 14.7. The molecule has 0 aliphatic heterocycles. The highest BCUT2D eigenvalue weighted by Gasteiger charge is 2.27. The third-order valence-corrected chi connectivity index (χ3v) is 7.21. The normalized spacial score (nSPS) is 13.6. The summed E-state index contributed by atoms with van der Waals surface area (Å²) in [5.74, 6) is -1.29. The molecule has 4 aromatic rings. The molecule has 0 saturated carbocycles. The second-order valence-electron chi connectivity index (χ2n) is 10.1. The van der Waals surface area contributed by atoms with Crippen LogP contribution >= 0.6 is 0 Å². The third-order valence-electron chi connectivity index (χ3n) is 7.21. The van der Waals surface area contributed by atoms with Crippen LogP contribution in [0.25, 0.3) is 22.6 Å². The molecule has 0 radical (unpaired) electrons. The lowest BCUT2D eigenvalue weighted by molar-refractivity contribution is -0.384. The number of pyridine rings is 1. The second kappa shape index (κ2) is 11.1. The summed E-state index contributed by atoms with van der Waals surface area (Å²) in [5.41, 5.74) is 7.30. The molecule has 0 spiro atoms. The van der Waals surface area contributed by atoms with Crippen LogP contribution in [0.1, 0.15) is 56.7 Å². The lowest BCUT2D eigenvalue weighted by atomic mass is 9.86. The SMILES string of the molecule is Cc1ccc(/C=C2/CCCc3c2nc2ccccc2c3C(=O)OCC(=O)Nc2cc(C)c(C)cc2[N+](=O)[O-])cc1. The Bertz CT molecular complexity index is 1690. The molecule has 0 unspecified atom stereocenters. The molecule has 3 aromatic carbocycles. The average molecular weight is 536 g/mol. The van der Waals surface area contributed by atoms with Gasteiger partial charge in [-0.15, -0.1) is 0 Å². The second-order valence-corrected chi connectivity index (χ2v) is 10.1. The fourth-order valence-corrected chi connectivity index (χ4v) is 5.01. The van der Waals surface area contributed by atoms with E-state index >= 15 is 0 Å². The summed E-state index contributed by atoms with van der Waals surface area (Å²) < 4.78 is 5.49. The number of anilines is 1. The Kier molecular flexibility index (Phi) is 7.42. The molecule has 8 nitrogen and oxygen atoms in total.